The summed E-state index contributed by atoms with van der Waals surface area (Å²) in [5, 5.41) is 9.21. The first kappa shape index (κ1) is 13.1. The van der Waals surface area contributed by atoms with Gasteiger partial charge in [-0.25, -0.2) is 0 Å². The Morgan fingerprint density at radius 2 is 2.00 bits per heavy atom. The van der Waals surface area contributed by atoms with E-state index in [0.717, 1.165) is 22.6 Å². The van der Waals surface area contributed by atoms with Crippen molar-refractivity contribution >= 4 is 11.6 Å². The van der Waals surface area contributed by atoms with Gasteiger partial charge in [0.2, 0.25) is 0 Å². The second kappa shape index (κ2) is 4.74. The number of rotatable bonds is 3. The highest BCUT2D eigenvalue weighted by atomic mass is 35.5. The Morgan fingerprint density at radius 1 is 1.33 bits per heavy atom. The number of aryl methyl sites for hydroxylation is 3. The van der Waals surface area contributed by atoms with Crippen LogP contribution in [-0.4, -0.2) is 19.6 Å². The van der Waals surface area contributed by atoms with E-state index in [1.54, 1.807) is 4.68 Å². The van der Waals surface area contributed by atoms with Crippen molar-refractivity contribution in [3.63, 3.8) is 0 Å². The Kier molecular flexibility index (Phi) is 3.45. The molecule has 0 radical (unpaired) electrons. The lowest BCUT2D eigenvalue weighted by atomic mass is 10.0. The van der Waals surface area contributed by atoms with Gasteiger partial charge < -0.3 is 5.73 Å². The molecule has 18 heavy (non-hydrogen) atoms. The summed E-state index contributed by atoms with van der Waals surface area (Å²) in [5.74, 6) is 0. The highest BCUT2D eigenvalue weighted by Crippen LogP contribution is 2.25. The zero-order chi connectivity index (χ0) is 13.4. The zero-order valence-corrected chi connectivity index (χ0v) is 11.9. The van der Waals surface area contributed by atoms with Crippen LogP contribution in [0.2, 0.25) is 5.02 Å². The minimum atomic E-state index is -0.119. The quantitative estimate of drug-likeness (QED) is 0.920. The summed E-state index contributed by atoms with van der Waals surface area (Å²) in [4.78, 5) is 0. The van der Waals surface area contributed by atoms with Crippen LogP contribution >= 0.6 is 11.6 Å². The van der Waals surface area contributed by atoms with Crippen molar-refractivity contribution in [2.75, 3.05) is 0 Å². The first-order valence-electron chi connectivity index (χ1n) is 5.83. The molecule has 0 aliphatic carbocycles. The largest absolute Gasteiger partial charge is 0.324 e. The van der Waals surface area contributed by atoms with Crippen LogP contribution in [0.5, 0.6) is 0 Å². The number of nitrogens with zero attached hydrogens (tertiary/aromatic N) is 4. The van der Waals surface area contributed by atoms with Gasteiger partial charge in [-0.3, -0.25) is 9.36 Å². The fraction of sp³-hybridized carbons (Fsp3) is 0.500. The molecule has 2 N–H and O–H groups in total. The average Bonchev–Trinajstić information content (AvgIpc) is 2.75. The van der Waals surface area contributed by atoms with Gasteiger partial charge in [-0.05, 0) is 13.8 Å². The van der Waals surface area contributed by atoms with Crippen molar-refractivity contribution in [1.29, 1.82) is 0 Å². The molecule has 0 saturated carbocycles. The van der Waals surface area contributed by atoms with E-state index in [9.17, 15) is 0 Å². The number of hydrogen-bond acceptors (Lipinski definition) is 3. The molecule has 0 bridgehead atoms. The summed E-state index contributed by atoms with van der Waals surface area (Å²) < 4.78 is 3.62. The van der Waals surface area contributed by atoms with Crippen molar-refractivity contribution in [3.8, 4) is 0 Å². The maximum atomic E-state index is 6.24. The lowest BCUT2D eigenvalue weighted by Gasteiger charge is -2.12. The van der Waals surface area contributed by atoms with Crippen molar-refractivity contribution in [3.05, 3.63) is 33.9 Å². The molecule has 1 unspecified atom stereocenters. The summed E-state index contributed by atoms with van der Waals surface area (Å²) in [6.45, 7) is 3.91. The van der Waals surface area contributed by atoms with Crippen molar-refractivity contribution in [1.82, 2.24) is 19.6 Å². The van der Waals surface area contributed by atoms with Gasteiger partial charge in [-0.2, -0.15) is 10.2 Å². The first-order chi connectivity index (χ1) is 8.41. The van der Waals surface area contributed by atoms with Crippen LogP contribution in [0, 0.1) is 13.8 Å². The van der Waals surface area contributed by atoms with E-state index in [0.29, 0.717) is 11.4 Å². The smallest absolute Gasteiger partial charge is 0.0847 e. The molecule has 0 aromatic carbocycles. The van der Waals surface area contributed by atoms with Crippen LogP contribution in [0.3, 0.4) is 0 Å². The van der Waals surface area contributed by atoms with Gasteiger partial charge in [0, 0.05) is 37.8 Å². The fourth-order valence-corrected chi connectivity index (χ4v) is 2.34. The van der Waals surface area contributed by atoms with Gasteiger partial charge in [0.15, 0.2) is 0 Å². The third-order valence-electron chi connectivity index (χ3n) is 3.35. The SMILES string of the molecule is Cc1nn(C)c(CC(N)c2cnn(C)c2C)c1Cl. The van der Waals surface area contributed by atoms with E-state index in [1.165, 1.54) is 0 Å². The summed E-state index contributed by atoms with van der Waals surface area (Å²) in [6.07, 6.45) is 2.47. The van der Waals surface area contributed by atoms with Gasteiger partial charge >= 0.3 is 0 Å². The molecular weight excluding hydrogens is 250 g/mol. The Hall–Kier alpha value is -1.33. The molecule has 5 nitrogen and oxygen atoms in total. The van der Waals surface area contributed by atoms with Crippen molar-refractivity contribution < 1.29 is 0 Å². The van der Waals surface area contributed by atoms with Crippen LogP contribution in [0.25, 0.3) is 0 Å². The lowest BCUT2D eigenvalue weighted by Crippen LogP contribution is -2.16. The number of halogens is 1. The maximum absolute atomic E-state index is 6.24. The fourth-order valence-electron chi connectivity index (χ4n) is 2.10. The molecule has 0 aliphatic heterocycles. The lowest BCUT2D eigenvalue weighted by molar-refractivity contribution is 0.635. The Bertz CT molecular complexity index is 569. The predicted molar refractivity (Wildman–Crippen MR) is 71.5 cm³/mol. The molecule has 0 saturated heterocycles. The molecule has 0 spiro atoms. The van der Waals surface area contributed by atoms with E-state index >= 15 is 0 Å². The van der Waals surface area contributed by atoms with E-state index in [1.807, 2.05) is 38.8 Å². The first-order valence-corrected chi connectivity index (χ1v) is 6.21. The zero-order valence-electron chi connectivity index (χ0n) is 11.1. The minimum Gasteiger partial charge on any atom is -0.324 e. The molecule has 1 atom stereocenters. The van der Waals surface area contributed by atoms with Gasteiger partial charge in [-0.15, -0.1) is 0 Å². The number of nitrogens with two attached hydrogens (primary N) is 1. The van der Waals surface area contributed by atoms with Crippen LogP contribution in [0.15, 0.2) is 6.20 Å². The molecule has 2 rings (SSSR count). The molecule has 98 valence electrons. The number of hydrogen-bond donors (Lipinski definition) is 1. The van der Waals surface area contributed by atoms with Gasteiger partial charge in [0.1, 0.15) is 0 Å². The topological polar surface area (TPSA) is 61.7 Å². The Balaban J connectivity index is 2.26. The third-order valence-corrected chi connectivity index (χ3v) is 3.84. The second-order valence-corrected chi connectivity index (χ2v) is 4.97. The summed E-state index contributed by atoms with van der Waals surface area (Å²) in [7, 11) is 3.80. The van der Waals surface area contributed by atoms with E-state index in [4.69, 9.17) is 17.3 Å². The van der Waals surface area contributed by atoms with Crippen LogP contribution < -0.4 is 5.73 Å². The second-order valence-electron chi connectivity index (χ2n) is 4.59. The molecule has 0 fully saturated rings. The Morgan fingerprint density at radius 3 is 2.44 bits per heavy atom. The van der Waals surface area contributed by atoms with E-state index in [-0.39, 0.29) is 6.04 Å². The van der Waals surface area contributed by atoms with Gasteiger partial charge in [0.05, 0.1) is 22.6 Å². The number of aromatic nitrogens is 4. The predicted octanol–water partition coefficient (Wildman–Crippen LogP) is 1.67. The van der Waals surface area contributed by atoms with E-state index < -0.39 is 0 Å². The standard InChI is InChI=1S/C12H18ClN5/c1-7-12(13)11(18(4)16-7)5-10(14)9-6-15-17(3)8(9)2/h6,10H,5,14H2,1-4H3. The van der Waals surface area contributed by atoms with Crippen molar-refractivity contribution in [2.45, 2.75) is 26.3 Å². The summed E-state index contributed by atoms with van der Waals surface area (Å²) in [5.41, 5.74) is 10.2. The van der Waals surface area contributed by atoms with Crippen LogP contribution in [0.4, 0.5) is 0 Å². The van der Waals surface area contributed by atoms with Crippen LogP contribution in [0.1, 0.15) is 28.7 Å². The molecule has 6 heteroatoms. The highest BCUT2D eigenvalue weighted by Gasteiger charge is 2.18. The van der Waals surface area contributed by atoms with Crippen LogP contribution in [-0.2, 0) is 20.5 Å². The maximum Gasteiger partial charge on any atom is 0.0847 e. The Labute approximate surface area is 112 Å². The molecular formula is C12H18ClN5. The van der Waals surface area contributed by atoms with E-state index in [2.05, 4.69) is 10.2 Å². The monoisotopic (exact) mass is 267 g/mol. The summed E-state index contributed by atoms with van der Waals surface area (Å²) in [6, 6.07) is -0.119. The minimum absolute atomic E-state index is 0.119. The van der Waals surface area contributed by atoms with Gasteiger partial charge in [-0.1, -0.05) is 11.6 Å². The molecule has 2 heterocycles. The molecule has 2 aromatic heterocycles. The highest BCUT2D eigenvalue weighted by molar-refractivity contribution is 6.31. The normalized spacial score (nSPS) is 13.0. The van der Waals surface area contributed by atoms with Gasteiger partial charge in [0.25, 0.3) is 0 Å². The molecule has 0 aliphatic rings. The van der Waals surface area contributed by atoms with Crippen molar-refractivity contribution in [2.24, 2.45) is 19.8 Å². The third kappa shape index (κ3) is 2.15. The molecule has 0 amide bonds. The summed E-state index contributed by atoms with van der Waals surface area (Å²) >= 11 is 6.23. The molecule has 2 aromatic rings. The average molecular weight is 268 g/mol.